The average Bonchev–Trinajstić information content (AvgIpc) is 3.20. The number of nitriles is 1. The van der Waals surface area contributed by atoms with E-state index in [-0.39, 0.29) is 17.6 Å². The Labute approximate surface area is 158 Å². The van der Waals surface area contributed by atoms with Crippen LogP contribution in [0.4, 0.5) is 0 Å². The molecule has 27 heavy (non-hydrogen) atoms. The summed E-state index contributed by atoms with van der Waals surface area (Å²) in [7, 11) is 0. The number of aromatic hydroxyl groups is 1. The molecule has 1 saturated heterocycles. The first-order valence-corrected chi connectivity index (χ1v) is 9.18. The van der Waals surface area contributed by atoms with Gasteiger partial charge in [-0.1, -0.05) is 6.07 Å². The van der Waals surface area contributed by atoms with Crippen LogP contribution >= 0.6 is 0 Å². The molecule has 0 spiro atoms. The Hall–Kier alpha value is -2.91. The van der Waals surface area contributed by atoms with Gasteiger partial charge in [0.1, 0.15) is 17.2 Å². The summed E-state index contributed by atoms with van der Waals surface area (Å²) in [6.45, 7) is 2.15. The molecule has 0 amide bonds. The number of carbonyl (C=O) groups is 1. The van der Waals surface area contributed by atoms with Gasteiger partial charge in [0.15, 0.2) is 5.78 Å². The van der Waals surface area contributed by atoms with Gasteiger partial charge < -0.3 is 9.84 Å². The Morgan fingerprint density at radius 3 is 2.70 bits per heavy atom. The van der Waals surface area contributed by atoms with Crippen LogP contribution in [0.2, 0.25) is 0 Å². The molecule has 1 aliphatic heterocycles. The van der Waals surface area contributed by atoms with Gasteiger partial charge in [-0.25, -0.2) is 4.98 Å². The fourth-order valence-corrected chi connectivity index (χ4v) is 4.23. The highest BCUT2D eigenvalue weighted by molar-refractivity contribution is 5.95. The molecule has 2 fully saturated rings. The maximum atomic E-state index is 12.4. The fourth-order valence-electron chi connectivity index (χ4n) is 4.23. The first kappa shape index (κ1) is 17.5. The van der Waals surface area contributed by atoms with Crippen molar-refractivity contribution in [1.82, 2.24) is 9.88 Å². The summed E-state index contributed by atoms with van der Waals surface area (Å²) < 4.78 is 6.08. The van der Waals surface area contributed by atoms with Crippen LogP contribution < -0.4 is 4.74 Å². The quantitative estimate of drug-likeness (QED) is 0.822. The first-order valence-electron chi connectivity index (χ1n) is 9.18. The molecule has 3 atom stereocenters. The van der Waals surface area contributed by atoms with Crippen LogP contribution in [0.3, 0.4) is 0 Å². The van der Waals surface area contributed by atoms with Crippen molar-refractivity contribution in [3.8, 4) is 17.6 Å². The molecule has 1 unspecified atom stereocenters. The van der Waals surface area contributed by atoms with Gasteiger partial charge in [0.25, 0.3) is 0 Å². The van der Waals surface area contributed by atoms with Gasteiger partial charge in [-0.05, 0) is 55.0 Å². The number of ether oxygens (including phenoxy) is 1. The Bertz CT molecular complexity index is 861. The van der Waals surface area contributed by atoms with Crippen LogP contribution in [0.25, 0.3) is 0 Å². The second kappa shape index (κ2) is 7.37. The number of benzene rings is 1. The molecule has 4 rings (SSSR count). The minimum atomic E-state index is -0.0175. The zero-order chi connectivity index (χ0) is 18.8. The lowest BCUT2D eigenvalue weighted by Gasteiger charge is -2.19. The molecule has 1 saturated carbocycles. The molecular weight excluding hydrogens is 342 g/mol. The molecule has 0 radical (unpaired) electrons. The highest BCUT2D eigenvalue weighted by Crippen LogP contribution is 2.39. The molecule has 2 aromatic rings. The Morgan fingerprint density at radius 1 is 1.26 bits per heavy atom. The van der Waals surface area contributed by atoms with Gasteiger partial charge in [0, 0.05) is 13.1 Å². The van der Waals surface area contributed by atoms with Gasteiger partial charge in [-0.2, -0.15) is 5.26 Å². The van der Waals surface area contributed by atoms with Crippen LogP contribution in [-0.2, 0) is 0 Å². The number of Topliss-reactive ketones (excluding diaryl/α,β-unsaturated/α-hetero) is 1. The van der Waals surface area contributed by atoms with E-state index in [9.17, 15) is 9.90 Å². The van der Waals surface area contributed by atoms with Crippen molar-refractivity contribution < 1.29 is 14.6 Å². The van der Waals surface area contributed by atoms with Gasteiger partial charge in [-0.3, -0.25) is 9.69 Å². The van der Waals surface area contributed by atoms with Crippen molar-refractivity contribution in [2.45, 2.75) is 18.9 Å². The number of rotatable bonds is 5. The van der Waals surface area contributed by atoms with E-state index in [1.807, 2.05) is 12.1 Å². The Morgan fingerprint density at radius 2 is 2.04 bits per heavy atom. The number of ketones is 1. The molecule has 1 aromatic heterocycles. The van der Waals surface area contributed by atoms with Crippen molar-refractivity contribution >= 4 is 5.78 Å². The summed E-state index contributed by atoms with van der Waals surface area (Å²) in [5.74, 6) is 1.87. The average molecular weight is 363 g/mol. The predicted molar refractivity (Wildman–Crippen MR) is 98.5 cm³/mol. The molecule has 6 heteroatoms. The highest BCUT2D eigenvalue weighted by Gasteiger charge is 2.42. The molecular formula is C21H21N3O3. The summed E-state index contributed by atoms with van der Waals surface area (Å²) in [4.78, 5) is 18.6. The Balaban J connectivity index is 1.30. The minimum Gasteiger partial charge on any atom is -0.506 e. The summed E-state index contributed by atoms with van der Waals surface area (Å²) in [5, 5.41) is 18.3. The van der Waals surface area contributed by atoms with Gasteiger partial charge in [0.2, 0.25) is 0 Å². The number of likely N-dealkylation sites (tertiary alicyclic amines) is 1. The number of hydrogen-bond donors (Lipinski definition) is 1. The smallest absolute Gasteiger partial charge is 0.195 e. The molecule has 1 aromatic carbocycles. The van der Waals surface area contributed by atoms with Crippen LogP contribution in [0.5, 0.6) is 11.5 Å². The van der Waals surface area contributed by atoms with E-state index in [1.54, 1.807) is 18.2 Å². The van der Waals surface area contributed by atoms with Gasteiger partial charge in [0.05, 0.1) is 30.5 Å². The van der Waals surface area contributed by atoms with Crippen LogP contribution in [0.1, 0.15) is 28.9 Å². The number of carbonyl (C=O) groups excluding carboxylic acids is 1. The standard InChI is InChI=1S/C21H21N3O3/c22-9-14-2-1-3-18(6-14)27-19-7-15-11-24(12-16(15)8-19)13-21(26)20-5-4-17(25)10-23-20/h1-6,10,15-16,19,25H,7-8,11-13H2/t15-,16+,19?. The number of pyridine rings is 1. The second-order valence-corrected chi connectivity index (χ2v) is 7.39. The number of fused-ring (bicyclic) bond motifs is 1. The van der Waals surface area contributed by atoms with E-state index in [0.29, 0.717) is 29.6 Å². The van der Waals surface area contributed by atoms with Crippen molar-refractivity contribution in [1.29, 1.82) is 5.26 Å². The molecule has 6 nitrogen and oxygen atoms in total. The van der Waals surface area contributed by atoms with Crippen molar-refractivity contribution in [2.75, 3.05) is 19.6 Å². The molecule has 0 bridgehead atoms. The van der Waals surface area contributed by atoms with E-state index in [2.05, 4.69) is 16.0 Å². The molecule has 1 N–H and O–H groups in total. The molecule has 2 aliphatic rings. The number of aromatic nitrogens is 1. The lowest BCUT2D eigenvalue weighted by Crippen LogP contribution is -2.30. The minimum absolute atomic E-state index is 0.0175. The zero-order valence-electron chi connectivity index (χ0n) is 14.9. The van der Waals surface area contributed by atoms with Crippen molar-refractivity contribution in [3.05, 3.63) is 53.9 Å². The second-order valence-electron chi connectivity index (χ2n) is 7.39. The lowest BCUT2D eigenvalue weighted by atomic mass is 10.0. The van der Waals surface area contributed by atoms with E-state index in [1.165, 1.54) is 12.3 Å². The maximum absolute atomic E-state index is 12.4. The highest BCUT2D eigenvalue weighted by atomic mass is 16.5. The normalized spacial score (nSPS) is 24.3. The largest absolute Gasteiger partial charge is 0.506 e. The molecule has 2 heterocycles. The van der Waals surface area contributed by atoms with Crippen molar-refractivity contribution in [2.24, 2.45) is 11.8 Å². The number of nitrogens with zero attached hydrogens (tertiary/aromatic N) is 3. The van der Waals surface area contributed by atoms with Crippen LogP contribution in [0.15, 0.2) is 42.6 Å². The third kappa shape index (κ3) is 3.93. The van der Waals surface area contributed by atoms with Crippen molar-refractivity contribution in [3.63, 3.8) is 0 Å². The predicted octanol–water partition coefficient (Wildman–Crippen LogP) is 2.63. The summed E-state index contributed by atoms with van der Waals surface area (Å²) in [5.41, 5.74) is 1.00. The van der Waals surface area contributed by atoms with Crippen LogP contribution in [-0.4, -0.2) is 46.5 Å². The first-order chi connectivity index (χ1) is 13.1. The third-order valence-electron chi connectivity index (χ3n) is 5.45. The topological polar surface area (TPSA) is 86.5 Å². The monoisotopic (exact) mass is 363 g/mol. The zero-order valence-corrected chi connectivity index (χ0v) is 14.9. The van der Waals surface area contributed by atoms with E-state index >= 15 is 0 Å². The lowest BCUT2D eigenvalue weighted by molar-refractivity contribution is 0.0932. The summed E-state index contributed by atoms with van der Waals surface area (Å²) in [6, 6.07) is 12.5. The SMILES string of the molecule is N#Cc1cccc(OC2C[C@@H]3CN(CC(=O)c4ccc(O)cn4)C[C@@H]3C2)c1. The summed E-state index contributed by atoms with van der Waals surface area (Å²) >= 11 is 0. The third-order valence-corrected chi connectivity index (χ3v) is 5.45. The van der Waals surface area contributed by atoms with E-state index in [4.69, 9.17) is 10.00 Å². The van der Waals surface area contributed by atoms with Gasteiger partial charge >= 0.3 is 0 Å². The van der Waals surface area contributed by atoms with E-state index in [0.717, 1.165) is 31.7 Å². The molecule has 1 aliphatic carbocycles. The fraction of sp³-hybridized carbons (Fsp3) is 0.381. The maximum Gasteiger partial charge on any atom is 0.195 e. The number of hydrogen-bond acceptors (Lipinski definition) is 6. The molecule has 138 valence electrons. The van der Waals surface area contributed by atoms with Crippen LogP contribution in [0, 0.1) is 23.2 Å². The van der Waals surface area contributed by atoms with E-state index < -0.39 is 0 Å². The van der Waals surface area contributed by atoms with Gasteiger partial charge in [-0.15, -0.1) is 0 Å². The Kier molecular flexibility index (Phi) is 4.78. The summed E-state index contributed by atoms with van der Waals surface area (Å²) in [6.07, 6.45) is 3.42.